The van der Waals surface area contributed by atoms with Crippen LogP contribution in [0.5, 0.6) is 0 Å². The molecule has 2 heterocycles. The zero-order valence-electron chi connectivity index (χ0n) is 14.6. The number of piperidine rings is 1. The highest BCUT2D eigenvalue weighted by molar-refractivity contribution is 14.0. The predicted molar refractivity (Wildman–Crippen MR) is 111 cm³/mol. The summed E-state index contributed by atoms with van der Waals surface area (Å²) in [7, 11) is -3.37. The number of nitrogens with zero attached hydrogens (tertiary/aromatic N) is 2. The quantitative estimate of drug-likeness (QED) is 0.651. The van der Waals surface area contributed by atoms with Gasteiger partial charge in [0.25, 0.3) is 0 Å². The number of halogens is 1. The molecule has 0 aliphatic carbocycles. The van der Waals surface area contributed by atoms with Gasteiger partial charge >= 0.3 is 0 Å². The summed E-state index contributed by atoms with van der Waals surface area (Å²) in [6.07, 6.45) is 3.11. The molecule has 0 aromatic heterocycles. The van der Waals surface area contributed by atoms with Gasteiger partial charge in [-0.25, -0.2) is 8.42 Å². The summed E-state index contributed by atoms with van der Waals surface area (Å²) in [6.45, 7) is 5.78. The zero-order chi connectivity index (χ0) is 17.0. The predicted octanol–water partition coefficient (Wildman–Crippen LogP) is 2.16. The number of rotatable bonds is 4. The van der Waals surface area contributed by atoms with Crippen LogP contribution in [0.2, 0.25) is 0 Å². The molecule has 2 aliphatic rings. The molecule has 6 nitrogen and oxygen atoms in total. The van der Waals surface area contributed by atoms with E-state index in [0.717, 1.165) is 43.9 Å². The van der Waals surface area contributed by atoms with E-state index < -0.39 is 10.0 Å². The Balaban J connectivity index is 0.00000225. The van der Waals surface area contributed by atoms with Crippen LogP contribution in [0, 0.1) is 5.92 Å². The van der Waals surface area contributed by atoms with Gasteiger partial charge in [0.1, 0.15) is 0 Å². The van der Waals surface area contributed by atoms with Gasteiger partial charge in [-0.2, -0.15) is 4.31 Å². The van der Waals surface area contributed by atoms with E-state index in [4.69, 9.17) is 0 Å². The summed E-state index contributed by atoms with van der Waals surface area (Å²) in [5.41, 5.74) is 1.04. The maximum absolute atomic E-state index is 12.7. The van der Waals surface area contributed by atoms with E-state index >= 15 is 0 Å². The van der Waals surface area contributed by atoms with Gasteiger partial charge in [0.2, 0.25) is 10.0 Å². The van der Waals surface area contributed by atoms with Gasteiger partial charge < -0.3 is 10.6 Å². The summed E-state index contributed by atoms with van der Waals surface area (Å²) in [5.74, 6) is 1.25. The molecular weight excluding hydrogens is 451 g/mol. The second kappa shape index (κ2) is 9.18. The van der Waals surface area contributed by atoms with Gasteiger partial charge in [-0.15, -0.1) is 24.0 Å². The molecule has 3 rings (SSSR count). The minimum absolute atomic E-state index is 0. The Morgan fingerprint density at radius 2 is 2.04 bits per heavy atom. The highest BCUT2D eigenvalue weighted by Gasteiger charge is 2.28. The third kappa shape index (κ3) is 5.30. The summed E-state index contributed by atoms with van der Waals surface area (Å²) in [6, 6.07) is 7.16. The number of hydrogen-bond donors (Lipinski definition) is 2. The third-order valence-corrected chi connectivity index (χ3v) is 6.42. The Kier molecular flexibility index (Phi) is 7.51. The minimum Gasteiger partial charge on any atom is -0.356 e. The highest BCUT2D eigenvalue weighted by Crippen LogP contribution is 2.23. The van der Waals surface area contributed by atoms with Crippen LogP contribution in [0.25, 0.3) is 0 Å². The SMILES string of the molecule is CC1CCCN(S(=O)(=O)c2ccc(CNC3=NCCCN3)cc2)C1.I. The average Bonchev–Trinajstić information content (AvgIpc) is 2.61. The van der Waals surface area contributed by atoms with Crippen LogP contribution < -0.4 is 10.6 Å². The number of nitrogens with one attached hydrogen (secondary N) is 2. The lowest BCUT2D eigenvalue weighted by atomic mass is 10.0. The molecule has 2 aliphatic heterocycles. The standard InChI is InChI=1S/C17H26N4O2S.HI/c1-14-4-2-11-21(13-14)24(22,23)16-7-5-15(6-8-16)12-20-17-18-9-3-10-19-17;/h5-8,14H,2-4,9-13H2,1H3,(H2,18,19,20);1H. The van der Waals surface area contributed by atoms with Gasteiger partial charge in [0, 0.05) is 32.7 Å². The Hall–Kier alpha value is -0.870. The molecule has 0 amide bonds. The first-order valence-electron chi connectivity index (χ1n) is 8.67. The molecule has 0 bridgehead atoms. The van der Waals surface area contributed by atoms with Gasteiger partial charge in [0.15, 0.2) is 5.96 Å². The molecule has 140 valence electrons. The summed E-state index contributed by atoms with van der Waals surface area (Å²) in [5, 5.41) is 6.45. The molecule has 0 radical (unpaired) electrons. The van der Waals surface area contributed by atoms with Gasteiger partial charge in [0.05, 0.1) is 4.90 Å². The molecule has 1 aromatic carbocycles. The van der Waals surface area contributed by atoms with Crippen LogP contribution in [0.3, 0.4) is 0 Å². The van der Waals surface area contributed by atoms with E-state index in [9.17, 15) is 8.42 Å². The molecule has 1 fully saturated rings. The van der Waals surface area contributed by atoms with Crippen LogP contribution in [0.15, 0.2) is 34.2 Å². The number of benzene rings is 1. The fourth-order valence-electron chi connectivity index (χ4n) is 3.13. The number of hydrogen-bond acceptors (Lipinski definition) is 5. The Labute approximate surface area is 167 Å². The van der Waals surface area contributed by atoms with Gasteiger partial charge in [-0.05, 0) is 42.9 Å². The van der Waals surface area contributed by atoms with E-state index in [1.165, 1.54) is 0 Å². The second-order valence-electron chi connectivity index (χ2n) is 6.62. The van der Waals surface area contributed by atoms with Crippen molar-refractivity contribution in [3.8, 4) is 0 Å². The molecular formula is C17H27IN4O2S. The van der Waals surface area contributed by atoms with Gasteiger partial charge in [-0.3, -0.25) is 4.99 Å². The molecule has 1 atom stereocenters. The lowest BCUT2D eigenvalue weighted by Crippen LogP contribution is -2.40. The number of sulfonamides is 1. The van der Waals surface area contributed by atoms with Crippen molar-refractivity contribution in [2.24, 2.45) is 10.9 Å². The van der Waals surface area contributed by atoms with Gasteiger partial charge in [-0.1, -0.05) is 19.1 Å². The van der Waals surface area contributed by atoms with E-state index in [-0.39, 0.29) is 24.0 Å². The van der Waals surface area contributed by atoms with Crippen molar-refractivity contribution in [1.82, 2.24) is 14.9 Å². The summed E-state index contributed by atoms with van der Waals surface area (Å²) >= 11 is 0. The molecule has 25 heavy (non-hydrogen) atoms. The smallest absolute Gasteiger partial charge is 0.243 e. The molecule has 0 saturated carbocycles. The largest absolute Gasteiger partial charge is 0.356 e. The maximum Gasteiger partial charge on any atom is 0.243 e. The Morgan fingerprint density at radius 1 is 1.28 bits per heavy atom. The van der Waals surface area contributed by atoms with E-state index in [1.807, 2.05) is 12.1 Å². The lowest BCUT2D eigenvalue weighted by molar-refractivity contribution is 0.281. The maximum atomic E-state index is 12.7. The first kappa shape index (κ1) is 20.4. The van der Waals surface area contributed by atoms with Crippen molar-refractivity contribution in [2.75, 3.05) is 26.2 Å². The fraction of sp³-hybridized carbons (Fsp3) is 0.588. The Bertz CT molecular complexity index is 691. The molecule has 0 spiro atoms. The van der Waals surface area contributed by atoms with Crippen molar-refractivity contribution < 1.29 is 8.42 Å². The minimum atomic E-state index is -3.37. The van der Waals surface area contributed by atoms with Crippen molar-refractivity contribution in [2.45, 2.75) is 37.6 Å². The Morgan fingerprint density at radius 3 is 2.68 bits per heavy atom. The highest BCUT2D eigenvalue weighted by atomic mass is 127. The van der Waals surface area contributed by atoms with Crippen molar-refractivity contribution in [1.29, 1.82) is 0 Å². The summed E-state index contributed by atoms with van der Waals surface area (Å²) in [4.78, 5) is 4.74. The molecule has 1 unspecified atom stereocenters. The molecule has 1 saturated heterocycles. The van der Waals surface area contributed by atoms with E-state index in [2.05, 4.69) is 22.5 Å². The van der Waals surface area contributed by atoms with Crippen LogP contribution >= 0.6 is 24.0 Å². The van der Waals surface area contributed by atoms with Crippen molar-refractivity contribution >= 4 is 40.0 Å². The number of aliphatic imine (C=N–C) groups is 1. The van der Waals surface area contributed by atoms with Crippen molar-refractivity contribution in [3.63, 3.8) is 0 Å². The third-order valence-electron chi connectivity index (χ3n) is 4.54. The average molecular weight is 478 g/mol. The molecule has 8 heteroatoms. The van der Waals surface area contributed by atoms with Crippen LogP contribution in [-0.2, 0) is 16.6 Å². The monoisotopic (exact) mass is 478 g/mol. The first-order valence-corrected chi connectivity index (χ1v) is 10.1. The molecule has 2 N–H and O–H groups in total. The van der Waals surface area contributed by atoms with E-state index in [1.54, 1.807) is 16.4 Å². The van der Waals surface area contributed by atoms with Crippen LogP contribution in [-0.4, -0.2) is 44.9 Å². The zero-order valence-corrected chi connectivity index (χ0v) is 17.7. The summed E-state index contributed by atoms with van der Waals surface area (Å²) < 4.78 is 27.1. The van der Waals surface area contributed by atoms with E-state index in [0.29, 0.717) is 30.4 Å². The topological polar surface area (TPSA) is 73.8 Å². The fourth-order valence-corrected chi connectivity index (χ4v) is 4.73. The van der Waals surface area contributed by atoms with Crippen LogP contribution in [0.1, 0.15) is 31.7 Å². The first-order chi connectivity index (χ1) is 11.6. The normalized spacial score (nSPS) is 21.6. The lowest BCUT2D eigenvalue weighted by Gasteiger charge is -2.30. The van der Waals surface area contributed by atoms with Crippen molar-refractivity contribution in [3.05, 3.63) is 29.8 Å². The number of guanidine groups is 1. The molecule has 1 aromatic rings. The second-order valence-corrected chi connectivity index (χ2v) is 8.56. The van der Waals surface area contributed by atoms with Crippen LogP contribution in [0.4, 0.5) is 0 Å².